The van der Waals surface area contributed by atoms with Crippen LogP contribution in [0.1, 0.15) is 48.6 Å². The SMILES string of the molecule is COc1cc(C2/C(=C(\O)c3ccc(OCC(C)C)cc3C)C(=O)C(=O)N2CCCN2CCOCC2)ccc1OCc1ccccc1. The lowest BCUT2D eigenvalue weighted by Gasteiger charge is -2.29. The van der Waals surface area contributed by atoms with E-state index in [1.165, 1.54) is 0 Å². The molecule has 2 heterocycles. The van der Waals surface area contributed by atoms with E-state index >= 15 is 0 Å². The predicted molar refractivity (Wildman–Crippen MR) is 176 cm³/mol. The molecular weight excluding hydrogens is 584 g/mol. The molecule has 2 saturated heterocycles. The first-order valence-electron chi connectivity index (χ1n) is 15.9. The zero-order valence-electron chi connectivity index (χ0n) is 27.2. The molecule has 3 aromatic rings. The summed E-state index contributed by atoms with van der Waals surface area (Å²) in [6, 6.07) is 19.8. The van der Waals surface area contributed by atoms with Crippen LogP contribution in [0.25, 0.3) is 5.76 Å². The smallest absolute Gasteiger partial charge is 0.295 e. The number of morpholine rings is 1. The predicted octanol–water partition coefficient (Wildman–Crippen LogP) is 5.76. The van der Waals surface area contributed by atoms with Gasteiger partial charge < -0.3 is 29.0 Å². The highest BCUT2D eigenvalue weighted by Gasteiger charge is 2.46. The van der Waals surface area contributed by atoms with Crippen LogP contribution in [0.5, 0.6) is 17.2 Å². The quantitative estimate of drug-likeness (QED) is 0.145. The van der Waals surface area contributed by atoms with Crippen molar-refractivity contribution in [1.29, 1.82) is 0 Å². The van der Waals surface area contributed by atoms with Crippen molar-refractivity contribution in [2.75, 3.05) is 53.1 Å². The summed E-state index contributed by atoms with van der Waals surface area (Å²) in [7, 11) is 1.56. The number of carbonyl (C=O) groups excluding carboxylic acids is 2. The fraction of sp³-hybridized carbons (Fsp3) is 0.405. The number of amides is 1. The lowest BCUT2D eigenvalue weighted by molar-refractivity contribution is -0.140. The molecule has 1 atom stereocenters. The van der Waals surface area contributed by atoms with Crippen LogP contribution in [-0.2, 0) is 20.9 Å². The van der Waals surface area contributed by atoms with Crippen LogP contribution in [0.4, 0.5) is 0 Å². The van der Waals surface area contributed by atoms with Gasteiger partial charge in [0.25, 0.3) is 11.7 Å². The molecule has 0 aromatic heterocycles. The van der Waals surface area contributed by atoms with E-state index in [0.717, 1.165) is 30.8 Å². The minimum Gasteiger partial charge on any atom is -0.507 e. The zero-order chi connectivity index (χ0) is 32.6. The maximum atomic E-state index is 13.7. The first-order valence-corrected chi connectivity index (χ1v) is 15.9. The number of carbonyl (C=O) groups is 2. The number of rotatable bonds is 13. The highest BCUT2D eigenvalue weighted by atomic mass is 16.5. The Labute approximate surface area is 271 Å². The number of ketones is 1. The summed E-state index contributed by atoms with van der Waals surface area (Å²) in [5.41, 5.74) is 2.92. The Bertz CT molecular complexity index is 1550. The van der Waals surface area contributed by atoms with Crippen molar-refractivity contribution in [2.45, 2.75) is 39.8 Å². The van der Waals surface area contributed by atoms with Gasteiger partial charge in [0.1, 0.15) is 18.1 Å². The molecule has 1 amide bonds. The second-order valence-electron chi connectivity index (χ2n) is 12.2. The number of aliphatic hydroxyl groups is 1. The molecule has 9 nitrogen and oxygen atoms in total. The van der Waals surface area contributed by atoms with Gasteiger partial charge in [0.05, 0.1) is 38.5 Å². The number of hydrogen-bond donors (Lipinski definition) is 1. The summed E-state index contributed by atoms with van der Waals surface area (Å²) >= 11 is 0. The summed E-state index contributed by atoms with van der Waals surface area (Å²) in [5.74, 6) is 0.485. The number of hydrogen-bond acceptors (Lipinski definition) is 8. The minimum absolute atomic E-state index is 0.0512. The third-order valence-corrected chi connectivity index (χ3v) is 8.29. The molecule has 244 valence electrons. The monoisotopic (exact) mass is 628 g/mol. The highest BCUT2D eigenvalue weighted by Crippen LogP contribution is 2.42. The maximum Gasteiger partial charge on any atom is 0.295 e. The van der Waals surface area contributed by atoms with Crippen molar-refractivity contribution in [1.82, 2.24) is 9.80 Å². The van der Waals surface area contributed by atoms with Crippen molar-refractivity contribution in [3.63, 3.8) is 0 Å². The van der Waals surface area contributed by atoms with E-state index in [9.17, 15) is 14.7 Å². The van der Waals surface area contributed by atoms with Gasteiger partial charge in [0, 0.05) is 31.7 Å². The largest absolute Gasteiger partial charge is 0.507 e. The van der Waals surface area contributed by atoms with Crippen LogP contribution in [0.15, 0.2) is 72.3 Å². The van der Waals surface area contributed by atoms with Gasteiger partial charge >= 0.3 is 0 Å². The lowest BCUT2D eigenvalue weighted by Crippen LogP contribution is -2.39. The molecule has 2 aliphatic rings. The minimum atomic E-state index is -0.807. The summed E-state index contributed by atoms with van der Waals surface area (Å²) in [6.45, 7) is 11.1. The summed E-state index contributed by atoms with van der Waals surface area (Å²) < 4.78 is 23.1. The molecule has 5 rings (SSSR count). The number of aliphatic hydroxyl groups excluding tert-OH is 1. The van der Waals surface area contributed by atoms with Crippen molar-refractivity contribution in [3.8, 4) is 17.2 Å². The molecule has 0 aliphatic carbocycles. The molecule has 1 unspecified atom stereocenters. The molecule has 3 aromatic carbocycles. The van der Waals surface area contributed by atoms with E-state index in [-0.39, 0.29) is 11.3 Å². The fourth-order valence-corrected chi connectivity index (χ4v) is 5.86. The third-order valence-electron chi connectivity index (χ3n) is 8.29. The normalized spacial score (nSPS) is 18.3. The van der Waals surface area contributed by atoms with Crippen LogP contribution < -0.4 is 14.2 Å². The van der Waals surface area contributed by atoms with Gasteiger partial charge in [-0.15, -0.1) is 0 Å². The van der Waals surface area contributed by atoms with Crippen LogP contribution >= 0.6 is 0 Å². The first-order chi connectivity index (χ1) is 22.3. The van der Waals surface area contributed by atoms with Gasteiger partial charge in [-0.2, -0.15) is 0 Å². The number of aryl methyl sites for hydroxylation is 1. The van der Waals surface area contributed by atoms with Gasteiger partial charge in [0.2, 0.25) is 0 Å². The Morgan fingerprint density at radius 1 is 0.957 bits per heavy atom. The Kier molecular flexibility index (Phi) is 11.0. The molecule has 0 bridgehead atoms. The Morgan fingerprint density at radius 2 is 1.72 bits per heavy atom. The van der Waals surface area contributed by atoms with Crippen LogP contribution in [0.3, 0.4) is 0 Å². The van der Waals surface area contributed by atoms with E-state index in [1.807, 2.05) is 49.4 Å². The highest BCUT2D eigenvalue weighted by molar-refractivity contribution is 6.46. The van der Waals surface area contributed by atoms with Gasteiger partial charge in [-0.05, 0) is 66.3 Å². The number of nitrogens with zero attached hydrogens (tertiary/aromatic N) is 2. The number of benzene rings is 3. The number of ether oxygens (including phenoxy) is 4. The standard InChI is InChI=1S/C37H44N2O7/c1-25(2)23-45-29-12-13-30(26(3)21-29)35(40)33-34(39(37(42)36(33)41)16-8-15-38-17-19-44-20-18-38)28-11-14-31(32(22-28)43-4)46-24-27-9-6-5-7-10-27/h5-7,9-14,21-22,25,34,40H,8,15-20,23-24H2,1-4H3/b35-33+. The zero-order valence-corrected chi connectivity index (χ0v) is 27.2. The molecule has 1 N–H and O–H groups in total. The van der Waals surface area contributed by atoms with Gasteiger partial charge in [-0.25, -0.2) is 0 Å². The van der Waals surface area contributed by atoms with Crippen LogP contribution in [0.2, 0.25) is 0 Å². The second kappa shape index (κ2) is 15.3. The molecule has 9 heteroatoms. The fourth-order valence-electron chi connectivity index (χ4n) is 5.86. The van der Waals surface area contributed by atoms with E-state index < -0.39 is 17.7 Å². The molecule has 2 fully saturated rings. The third kappa shape index (κ3) is 7.71. The lowest BCUT2D eigenvalue weighted by atomic mass is 9.93. The van der Waals surface area contributed by atoms with Crippen molar-refractivity contribution in [2.24, 2.45) is 5.92 Å². The molecule has 46 heavy (non-hydrogen) atoms. The first kappa shape index (κ1) is 33.0. The van der Waals surface area contributed by atoms with E-state index in [4.69, 9.17) is 18.9 Å². The average Bonchev–Trinajstić information content (AvgIpc) is 3.32. The van der Waals surface area contributed by atoms with Crippen LogP contribution in [0, 0.1) is 12.8 Å². The van der Waals surface area contributed by atoms with Crippen LogP contribution in [-0.4, -0.2) is 79.7 Å². The maximum absolute atomic E-state index is 13.7. The molecule has 2 aliphatic heterocycles. The van der Waals surface area contributed by atoms with E-state index in [1.54, 1.807) is 36.3 Å². The Morgan fingerprint density at radius 3 is 2.41 bits per heavy atom. The van der Waals surface area contributed by atoms with Gasteiger partial charge in [-0.3, -0.25) is 14.5 Å². The Hall–Kier alpha value is -4.34. The Balaban J connectivity index is 1.48. The summed E-state index contributed by atoms with van der Waals surface area (Å²) in [4.78, 5) is 31.2. The topological polar surface area (TPSA) is 97.8 Å². The number of Topliss-reactive ketones (excluding diaryl/α,β-unsaturated/α-hetero) is 1. The number of methoxy groups -OCH3 is 1. The van der Waals surface area contributed by atoms with Crippen molar-refractivity contribution in [3.05, 3.63) is 94.6 Å². The molecule has 0 radical (unpaired) electrons. The van der Waals surface area contributed by atoms with Gasteiger partial charge in [-0.1, -0.05) is 50.2 Å². The summed E-state index contributed by atoms with van der Waals surface area (Å²) in [6.07, 6.45) is 0.667. The van der Waals surface area contributed by atoms with Gasteiger partial charge in [0.15, 0.2) is 11.5 Å². The van der Waals surface area contributed by atoms with Crippen molar-refractivity contribution >= 4 is 17.4 Å². The summed E-state index contributed by atoms with van der Waals surface area (Å²) in [5, 5.41) is 11.7. The molecule has 0 saturated carbocycles. The molecular formula is C37H44N2O7. The number of likely N-dealkylation sites (tertiary alicyclic amines) is 1. The average molecular weight is 629 g/mol. The second-order valence-corrected chi connectivity index (χ2v) is 12.2. The van der Waals surface area contributed by atoms with E-state index in [2.05, 4.69) is 18.7 Å². The van der Waals surface area contributed by atoms with Crippen molar-refractivity contribution < 1.29 is 33.6 Å². The molecule has 0 spiro atoms. The van der Waals surface area contributed by atoms with E-state index in [0.29, 0.717) is 73.7 Å².